The molecular weight excluding hydrogens is 324 g/mol. The quantitative estimate of drug-likeness (QED) is 0.928. The van der Waals surface area contributed by atoms with E-state index in [4.69, 9.17) is 4.74 Å². The van der Waals surface area contributed by atoms with Crippen LogP contribution in [0, 0.1) is 0 Å². The number of anilines is 1. The smallest absolute Gasteiger partial charge is 0.254 e. The van der Waals surface area contributed by atoms with Crippen LogP contribution >= 0.6 is 11.3 Å². The van der Waals surface area contributed by atoms with Crippen molar-refractivity contribution in [3.8, 4) is 0 Å². The Bertz CT molecular complexity index is 715. The fourth-order valence-corrected chi connectivity index (χ4v) is 3.40. The molecule has 1 aliphatic rings. The van der Waals surface area contributed by atoms with Crippen molar-refractivity contribution < 1.29 is 14.3 Å². The SMILES string of the molecule is CC1COCCN1C(=O)c1cccc(NC(=O)Cc2cccs2)c1. The topological polar surface area (TPSA) is 58.6 Å². The van der Waals surface area contributed by atoms with E-state index >= 15 is 0 Å². The number of nitrogens with zero attached hydrogens (tertiary/aromatic N) is 1. The van der Waals surface area contributed by atoms with Gasteiger partial charge in [-0.2, -0.15) is 0 Å². The first-order valence-corrected chi connectivity index (χ1v) is 8.82. The molecule has 1 saturated heterocycles. The van der Waals surface area contributed by atoms with E-state index in [1.165, 1.54) is 0 Å². The molecule has 1 unspecified atom stereocenters. The summed E-state index contributed by atoms with van der Waals surface area (Å²) in [5.41, 5.74) is 1.22. The van der Waals surface area contributed by atoms with Crippen LogP contribution in [0.15, 0.2) is 41.8 Å². The first-order chi connectivity index (χ1) is 11.6. The number of carbonyl (C=O) groups excluding carboxylic acids is 2. The number of hydrogen-bond donors (Lipinski definition) is 1. The molecule has 0 saturated carbocycles. The van der Waals surface area contributed by atoms with Crippen LogP contribution in [-0.4, -0.2) is 42.5 Å². The summed E-state index contributed by atoms with van der Waals surface area (Å²) >= 11 is 1.56. The Morgan fingerprint density at radius 2 is 2.21 bits per heavy atom. The summed E-state index contributed by atoms with van der Waals surface area (Å²) in [6.45, 7) is 3.69. The molecule has 0 aliphatic carbocycles. The molecule has 24 heavy (non-hydrogen) atoms. The number of rotatable bonds is 4. The van der Waals surface area contributed by atoms with Gasteiger partial charge in [-0.1, -0.05) is 12.1 Å². The first-order valence-electron chi connectivity index (χ1n) is 7.94. The van der Waals surface area contributed by atoms with E-state index in [9.17, 15) is 9.59 Å². The molecule has 0 radical (unpaired) electrons. The van der Waals surface area contributed by atoms with Gasteiger partial charge in [-0.15, -0.1) is 11.3 Å². The van der Waals surface area contributed by atoms with E-state index < -0.39 is 0 Å². The highest BCUT2D eigenvalue weighted by Gasteiger charge is 2.24. The minimum atomic E-state index is -0.0817. The molecule has 1 atom stereocenters. The van der Waals surface area contributed by atoms with Crippen LogP contribution in [-0.2, 0) is 16.0 Å². The van der Waals surface area contributed by atoms with Crippen molar-refractivity contribution >= 4 is 28.8 Å². The summed E-state index contributed by atoms with van der Waals surface area (Å²) < 4.78 is 5.37. The Morgan fingerprint density at radius 3 is 2.96 bits per heavy atom. The largest absolute Gasteiger partial charge is 0.377 e. The normalized spacial score (nSPS) is 17.5. The fraction of sp³-hybridized carbons (Fsp3) is 0.333. The average molecular weight is 344 g/mol. The molecular formula is C18H20N2O3S. The van der Waals surface area contributed by atoms with Crippen LogP contribution in [0.5, 0.6) is 0 Å². The van der Waals surface area contributed by atoms with Gasteiger partial charge in [-0.25, -0.2) is 0 Å². The number of thiophene rings is 1. The summed E-state index contributed by atoms with van der Waals surface area (Å²) in [5, 5.41) is 4.81. The molecule has 1 aliphatic heterocycles. The van der Waals surface area contributed by atoms with Crippen molar-refractivity contribution in [3.63, 3.8) is 0 Å². The second-order valence-corrected chi connectivity index (χ2v) is 6.84. The summed E-state index contributed by atoms with van der Waals surface area (Å²) in [6.07, 6.45) is 0.344. The van der Waals surface area contributed by atoms with E-state index in [0.29, 0.717) is 37.4 Å². The van der Waals surface area contributed by atoms with Crippen molar-refractivity contribution in [1.29, 1.82) is 0 Å². The van der Waals surface area contributed by atoms with Crippen LogP contribution in [0.1, 0.15) is 22.2 Å². The first kappa shape index (κ1) is 16.7. The van der Waals surface area contributed by atoms with Crippen molar-refractivity contribution in [1.82, 2.24) is 4.90 Å². The van der Waals surface area contributed by atoms with Gasteiger partial charge >= 0.3 is 0 Å². The number of morpholine rings is 1. The highest BCUT2D eigenvalue weighted by Crippen LogP contribution is 2.17. The lowest BCUT2D eigenvalue weighted by molar-refractivity contribution is -0.115. The molecule has 2 amide bonds. The zero-order chi connectivity index (χ0) is 16.9. The Kier molecular flexibility index (Phi) is 5.27. The second kappa shape index (κ2) is 7.59. The second-order valence-electron chi connectivity index (χ2n) is 5.81. The third kappa shape index (κ3) is 4.01. The molecule has 2 aromatic rings. The maximum Gasteiger partial charge on any atom is 0.254 e. The minimum Gasteiger partial charge on any atom is -0.377 e. The third-order valence-corrected chi connectivity index (χ3v) is 4.81. The Labute approximate surface area is 145 Å². The molecule has 1 fully saturated rings. The molecule has 1 aromatic carbocycles. The van der Waals surface area contributed by atoms with Crippen LogP contribution < -0.4 is 5.32 Å². The van der Waals surface area contributed by atoms with Gasteiger partial charge in [-0.3, -0.25) is 9.59 Å². The molecule has 0 spiro atoms. The number of benzene rings is 1. The standard InChI is InChI=1S/C18H20N2O3S/c1-13-12-23-8-7-20(13)18(22)14-4-2-5-15(10-14)19-17(21)11-16-6-3-9-24-16/h2-6,9-10,13H,7-8,11-12H2,1H3,(H,19,21). The number of carbonyl (C=O) groups is 2. The zero-order valence-electron chi connectivity index (χ0n) is 13.5. The maximum atomic E-state index is 12.7. The van der Waals surface area contributed by atoms with Crippen LogP contribution in [0.2, 0.25) is 0 Å². The fourth-order valence-electron chi connectivity index (χ4n) is 2.70. The predicted molar refractivity (Wildman–Crippen MR) is 94.4 cm³/mol. The van der Waals surface area contributed by atoms with Gasteiger partial charge in [0.15, 0.2) is 0 Å². The van der Waals surface area contributed by atoms with E-state index in [2.05, 4.69) is 5.32 Å². The van der Waals surface area contributed by atoms with E-state index in [1.807, 2.05) is 29.3 Å². The lowest BCUT2D eigenvalue weighted by Gasteiger charge is -2.33. The molecule has 126 valence electrons. The summed E-state index contributed by atoms with van der Waals surface area (Å²) in [5.74, 6) is -0.109. The summed E-state index contributed by atoms with van der Waals surface area (Å²) in [4.78, 5) is 27.6. The molecule has 2 heterocycles. The van der Waals surface area contributed by atoms with E-state index in [-0.39, 0.29) is 17.9 Å². The Balaban J connectivity index is 1.67. The van der Waals surface area contributed by atoms with Gasteiger partial charge in [0.1, 0.15) is 0 Å². The number of nitrogens with one attached hydrogen (secondary N) is 1. The van der Waals surface area contributed by atoms with Crippen molar-refractivity contribution in [3.05, 3.63) is 52.2 Å². The summed E-state index contributed by atoms with van der Waals surface area (Å²) in [7, 11) is 0. The highest BCUT2D eigenvalue weighted by atomic mass is 32.1. The number of amides is 2. The number of ether oxygens (including phenoxy) is 1. The van der Waals surface area contributed by atoms with Crippen molar-refractivity contribution in [2.24, 2.45) is 0 Å². The molecule has 6 heteroatoms. The van der Waals surface area contributed by atoms with Gasteiger partial charge < -0.3 is 15.0 Å². The molecule has 1 N–H and O–H groups in total. The van der Waals surface area contributed by atoms with Crippen LogP contribution in [0.3, 0.4) is 0 Å². The molecule has 1 aromatic heterocycles. The van der Waals surface area contributed by atoms with Crippen LogP contribution in [0.25, 0.3) is 0 Å². The average Bonchev–Trinajstić information content (AvgIpc) is 3.07. The van der Waals surface area contributed by atoms with Crippen molar-refractivity contribution in [2.45, 2.75) is 19.4 Å². The maximum absolute atomic E-state index is 12.7. The van der Waals surface area contributed by atoms with Gasteiger partial charge in [0, 0.05) is 22.7 Å². The highest BCUT2D eigenvalue weighted by molar-refractivity contribution is 7.10. The van der Waals surface area contributed by atoms with Crippen LogP contribution in [0.4, 0.5) is 5.69 Å². The molecule has 5 nitrogen and oxygen atoms in total. The molecule has 3 rings (SSSR count). The lowest BCUT2D eigenvalue weighted by atomic mass is 10.1. The van der Waals surface area contributed by atoms with Gasteiger partial charge in [0.2, 0.25) is 5.91 Å². The monoisotopic (exact) mass is 344 g/mol. The van der Waals surface area contributed by atoms with E-state index in [1.54, 1.807) is 35.6 Å². The van der Waals surface area contributed by atoms with Gasteiger partial charge in [0.05, 0.1) is 25.7 Å². The number of hydrogen-bond acceptors (Lipinski definition) is 4. The third-order valence-electron chi connectivity index (χ3n) is 3.94. The minimum absolute atomic E-state index is 0.0276. The van der Waals surface area contributed by atoms with Gasteiger partial charge in [0.25, 0.3) is 5.91 Å². The van der Waals surface area contributed by atoms with Gasteiger partial charge in [-0.05, 0) is 36.6 Å². The zero-order valence-corrected chi connectivity index (χ0v) is 14.3. The van der Waals surface area contributed by atoms with E-state index in [0.717, 1.165) is 4.88 Å². The predicted octanol–water partition coefficient (Wildman–Crippen LogP) is 2.79. The Hall–Kier alpha value is -2.18. The Morgan fingerprint density at radius 1 is 1.33 bits per heavy atom. The van der Waals surface area contributed by atoms with Crippen molar-refractivity contribution in [2.75, 3.05) is 25.1 Å². The lowest BCUT2D eigenvalue weighted by Crippen LogP contribution is -2.47. The molecule has 0 bridgehead atoms. The summed E-state index contributed by atoms with van der Waals surface area (Å²) in [6, 6.07) is 11.0.